The van der Waals surface area contributed by atoms with Gasteiger partial charge in [0.1, 0.15) is 11.9 Å². The van der Waals surface area contributed by atoms with Crippen molar-refractivity contribution in [2.75, 3.05) is 39.6 Å². The largest absolute Gasteiger partial charge is 0.465 e. The highest BCUT2D eigenvalue weighted by atomic mass is 19.1. The molecule has 1 fully saturated rings. The minimum atomic E-state index is -1.13. The van der Waals surface area contributed by atoms with Crippen LogP contribution in [0.3, 0.4) is 0 Å². The molecule has 0 saturated carbocycles. The highest BCUT2D eigenvalue weighted by Gasteiger charge is 2.42. The predicted molar refractivity (Wildman–Crippen MR) is 124 cm³/mol. The van der Waals surface area contributed by atoms with Crippen molar-refractivity contribution in [1.82, 2.24) is 15.1 Å². The van der Waals surface area contributed by atoms with Crippen LogP contribution in [-0.2, 0) is 20.9 Å². The summed E-state index contributed by atoms with van der Waals surface area (Å²) in [6.45, 7) is 5.71. The van der Waals surface area contributed by atoms with Gasteiger partial charge in [-0.1, -0.05) is 18.2 Å². The van der Waals surface area contributed by atoms with E-state index in [1.54, 1.807) is 19.1 Å². The van der Waals surface area contributed by atoms with E-state index in [1.165, 1.54) is 12.1 Å². The van der Waals surface area contributed by atoms with Gasteiger partial charge >= 0.3 is 5.97 Å². The Hall–Kier alpha value is -3.66. The van der Waals surface area contributed by atoms with Crippen molar-refractivity contribution in [3.63, 3.8) is 0 Å². The molecule has 0 bridgehead atoms. The van der Waals surface area contributed by atoms with E-state index in [0.717, 1.165) is 36.7 Å². The van der Waals surface area contributed by atoms with Gasteiger partial charge < -0.3 is 19.1 Å². The van der Waals surface area contributed by atoms with Gasteiger partial charge in [0.25, 0.3) is 0 Å². The quantitative estimate of drug-likeness (QED) is 0.515. The molecule has 35 heavy (non-hydrogen) atoms. The first-order valence-corrected chi connectivity index (χ1v) is 11.7. The van der Waals surface area contributed by atoms with Gasteiger partial charge in [-0.25, -0.2) is 9.38 Å². The fourth-order valence-corrected chi connectivity index (χ4v) is 4.54. The minimum absolute atomic E-state index is 0.153. The second-order valence-corrected chi connectivity index (χ2v) is 8.62. The number of halogens is 1. The molecule has 5 rings (SSSR count). The zero-order valence-corrected chi connectivity index (χ0v) is 19.4. The summed E-state index contributed by atoms with van der Waals surface area (Å²) in [4.78, 5) is 34.6. The van der Waals surface area contributed by atoms with Crippen molar-refractivity contribution < 1.29 is 28.2 Å². The van der Waals surface area contributed by atoms with Crippen molar-refractivity contribution in [3.05, 3.63) is 59.4 Å². The van der Waals surface area contributed by atoms with Crippen LogP contribution < -0.4 is 14.8 Å². The van der Waals surface area contributed by atoms with E-state index in [-0.39, 0.29) is 13.4 Å². The summed E-state index contributed by atoms with van der Waals surface area (Å²) in [7, 11) is 0. The molecule has 2 aromatic rings. The normalized spacial score (nSPS) is 21.9. The third kappa shape index (κ3) is 4.93. The molecule has 3 aliphatic rings. The van der Waals surface area contributed by atoms with Gasteiger partial charge in [0, 0.05) is 32.7 Å². The lowest BCUT2D eigenvalue weighted by Gasteiger charge is -2.39. The van der Waals surface area contributed by atoms with Crippen molar-refractivity contribution in [2.45, 2.75) is 19.5 Å². The molecule has 3 heterocycles. The highest BCUT2D eigenvalue weighted by molar-refractivity contribution is 6.08. The van der Waals surface area contributed by atoms with Crippen molar-refractivity contribution >= 4 is 17.8 Å². The van der Waals surface area contributed by atoms with Crippen LogP contribution in [0.1, 0.15) is 24.1 Å². The Kier molecular flexibility index (Phi) is 6.54. The van der Waals surface area contributed by atoms with Gasteiger partial charge in [-0.3, -0.25) is 19.8 Å². The third-order valence-electron chi connectivity index (χ3n) is 6.36. The number of ether oxygens (including phenoxy) is 3. The van der Waals surface area contributed by atoms with Gasteiger partial charge in [0.05, 0.1) is 6.61 Å². The SMILES string of the molecule is CCOC(=O)[C@@H]1C(=O)NC(N2CCN(Cc3ccc4c(c3)OCO4)CC2)=N[C@H]1c1ccc(F)cc1. The molecule has 0 radical (unpaired) electrons. The minimum Gasteiger partial charge on any atom is -0.465 e. The van der Waals surface area contributed by atoms with Crippen LogP contribution in [0.25, 0.3) is 0 Å². The van der Waals surface area contributed by atoms with Gasteiger partial charge in [-0.05, 0) is 42.3 Å². The topological polar surface area (TPSA) is 92.7 Å². The average Bonchev–Trinajstić information content (AvgIpc) is 3.32. The number of carbonyl (C=O) groups excluding carboxylic acids is 2. The number of carbonyl (C=O) groups is 2. The first-order chi connectivity index (χ1) is 17.0. The number of benzene rings is 2. The summed E-state index contributed by atoms with van der Waals surface area (Å²) in [6, 6.07) is 10.9. The molecule has 0 spiro atoms. The molecule has 3 aliphatic heterocycles. The zero-order chi connectivity index (χ0) is 24.4. The van der Waals surface area contributed by atoms with Crippen molar-refractivity contribution in [3.8, 4) is 11.5 Å². The highest BCUT2D eigenvalue weighted by Crippen LogP contribution is 2.33. The lowest BCUT2D eigenvalue weighted by molar-refractivity contribution is -0.153. The van der Waals surface area contributed by atoms with Crippen LogP contribution in [0.4, 0.5) is 4.39 Å². The molecule has 0 aliphatic carbocycles. The molecule has 2 aromatic carbocycles. The van der Waals surface area contributed by atoms with E-state index in [9.17, 15) is 14.0 Å². The van der Waals surface area contributed by atoms with Crippen molar-refractivity contribution in [1.29, 1.82) is 0 Å². The molecule has 1 amide bonds. The number of nitrogens with zero attached hydrogens (tertiary/aromatic N) is 3. The lowest BCUT2D eigenvalue weighted by atomic mass is 9.91. The van der Waals surface area contributed by atoms with Gasteiger partial charge in [0.15, 0.2) is 17.4 Å². The van der Waals surface area contributed by atoms with Gasteiger partial charge in [-0.15, -0.1) is 0 Å². The number of piperazine rings is 1. The molecule has 9 nitrogen and oxygen atoms in total. The molecule has 1 N–H and O–H groups in total. The van der Waals surface area contributed by atoms with Crippen molar-refractivity contribution in [2.24, 2.45) is 10.9 Å². The number of hydrogen-bond donors (Lipinski definition) is 1. The fraction of sp³-hybridized carbons (Fsp3) is 0.400. The Morgan fingerprint density at radius 2 is 1.86 bits per heavy atom. The number of esters is 1. The average molecular weight is 483 g/mol. The predicted octanol–water partition coefficient (Wildman–Crippen LogP) is 2.08. The first-order valence-electron chi connectivity index (χ1n) is 11.7. The van der Waals surface area contributed by atoms with Crippen LogP contribution in [0.15, 0.2) is 47.5 Å². The number of rotatable bonds is 5. The molecule has 1 saturated heterocycles. The molecule has 0 aromatic heterocycles. The second-order valence-electron chi connectivity index (χ2n) is 8.62. The van der Waals surface area contributed by atoms with E-state index < -0.39 is 29.7 Å². The number of fused-ring (bicyclic) bond motifs is 1. The van der Waals surface area contributed by atoms with E-state index >= 15 is 0 Å². The summed E-state index contributed by atoms with van der Waals surface area (Å²) in [6.07, 6.45) is 0. The standard InChI is InChI=1S/C25H27FN4O5/c1-2-33-24(32)21-22(17-4-6-18(26)7-5-17)27-25(28-23(21)31)30-11-9-29(10-12-30)14-16-3-8-19-20(13-16)35-15-34-19/h3-8,13,21-22H,2,9-12,14-15H2,1H3,(H,27,28,31)/t21-,22-/m0/s1. The Morgan fingerprint density at radius 1 is 1.11 bits per heavy atom. The monoisotopic (exact) mass is 482 g/mol. The van der Waals surface area contributed by atoms with Gasteiger partial charge in [0.2, 0.25) is 18.7 Å². The smallest absolute Gasteiger partial charge is 0.321 e. The number of hydrogen-bond acceptors (Lipinski definition) is 8. The van der Waals surface area contributed by atoms with Gasteiger partial charge in [-0.2, -0.15) is 0 Å². The summed E-state index contributed by atoms with van der Waals surface area (Å²) in [5, 5.41) is 2.79. The maximum absolute atomic E-state index is 13.5. The first kappa shape index (κ1) is 23.1. The number of nitrogens with one attached hydrogen (secondary N) is 1. The van der Waals surface area contributed by atoms with Crippen LogP contribution in [0.2, 0.25) is 0 Å². The second kappa shape index (κ2) is 9.91. The summed E-state index contributed by atoms with van der Waals surface area (Å²) >= 11 is 0. The molecular formula is C25H27FN4O5. The molecule has 184 valence electrons. The Balaban J connectivity index is 1.29. The maximum atomic E-state index is 13.5. The van der Waals surface area contributed by atoms with Crippen LogP contribution in [-0.4, -0.2) is 67.2 Å². The van der Waals surface area contributed by atoms with E-state index in [4.69, 9.17) is 19.2 Å². The summed E-state index contributed by atoms with van der Waals surface area (Å²) in [5.41, 5.74) is 1.72. The summed E-state index contributed by atoms with van der Waals surface area (Å²) < 4.78 is 29.5. The number of aliphatic imine (C=N–C) groups is 1. The zero-order valence-electron chi connectivity index (χ0n) is 19.4. The molecular weight excluding hydrogens is 455 g/mol. The number of guanidine groups is 1. The third-order valence-corrected chi connectivity index (χ3v) is 6.36. The Bertz CT molecular complexity index is 1130. The maximum Gasteiger partial charge on any atom is 0.321 e. The Morgan fingerprint density at radius 3 is 2.60 bits per heavy atom. The number of amides is 1. The lowest BCUT2D eigenvalue weighted by Crippen LogP contribution is -2.57. The van der Waals surface area contributed by atoms with Crippen LogP contribution in [0.5, 0.6) is 11.5 Å². The van der Waals surface area contributed by atoms with Crippen LogP contribution >= 0.6 is 0 Å². The summed E-state index contributed by atoms with van der Waals surface area (Å²) in [5.74, 6) is -0.681. The molecule has 2 atom stereocenters. The molecule has 0 unspecified atom stereocenters. The molecule has 10 heteroatoms. The Labute approximate surface area is 202 Å². The van der Waals surface area contributed by atoms with E-state index in [1.807, 2.05) is 23.1 Å². The fourth-order valence-electron chi connectivity index (χ4n) is 4.54. The van der Waals surface area contributed by atoms with E-state index in [0.29, 0.717) is 24.6 Å². The van der Waals surface area contributed by atoms with E-state index in [2.05, 4.69) is 10.2 Å². The van der Waals surface area contributed by atoms with Crippen LogP contribution in [0, 0.1) is 11.7 Å².